The first-order chi connectivity index (χ1) is 30.5. The van der Waals surface area contributed by atoms with Gasteiger partial charge in [-0.05, 0) is 95.5 Å². The Morgan fingerprint density at radius 1 is 0.556 bits per heavy atom. The van der Waals surface area contributed by atoms with Crippen LogP contribution in [0.4, 0.5) is 9.59 Å². The van der Waals surface area contributed by atoms with Gasteiger partial charge < -0.3 is 39.1 Å². The molecule has 2 atom stereocenters. The van der Waals surface area contributed by atoms with Gasteiger partial charge in [0.25, 0.3) is 0 Å². The lowest BCUT2D eigenvalue weighted by molar-refractivity contribution is -0.137. The number of amides is 2. The van der Waals surface area contributed by atoms with E-state index in [4.69, 9.17) is 28.4 Å². The van der Waals surface area contributed by atoms with Gasteiger partial charge in [0.05, 0.1) is 20.6 Å². The Kier molecular flexibility index (Phi) is 20.9. The second-order valence-corrected chi connectivity index (χ2v) is 15.5. The number of ether oxygens (including phenoxy) is 6. The molecule has 0 saturated heterocycles. The largest absolute Gasteiger partial charge is 0.493 e. The molecule has 0 heterocycles. The molecule has 0 spiro atoms. The molecule has 0 saturated carbocycles. The van der Waals surface area contributed by atoms with E-state index in [-0.39, 0.29) is 36.2 Å². The van der Waals surface area contributed by atoms with Crippen molar-refractivity contribution in [3.63, 3.8) is 0 Å². The first kappa shape index (κ1) is 49.1. The molecule has 332 valence electrons. The van der Waals surface area contributed by atoms with Crippen molar-refractivity contribution < 1.29 is 57.2 Å². The second kappa shape index (κ2) is 26.7. The number of nitrogens with one attached hydrogen (secondary N) is 2. The van der Waals surface area contributed by atoms with Crippen LogP contribution < -0.4 is 29.6 Å². The van der Waals surface area contributed by atoms with Crippen LogP contribution in [-0.4, -0.2) is 86.0 Å². The minimum Gasteiger partial charge on any atom is -0.493 e. The highest BCUT2D eigenvalue weighted by Gasteiger charge is 2.26. The maximum absolute atomic E-state index is 13.2. The van der Waals surface area contributed by atoms with E-state index in [0.717, 1.165) is 11.1 Å². The predicted octanol–water partition coefficient (Wildman–Crippen LogP) is 7.87. The molecule has 2 N–H and O–H groups in total. The van der Waals surface area contributed by atoms with E-state index in [0.29, 0.717) is 35.5 Å². The minimum atomic E-state index is -0.985. The molecular formula is C47H50N2O12S2. The first-order valence-corrected chi connectivity index (χ1v) is 22.4. The molecule has 16 heteroatoms. The number of benzene rings is 4. The number of methoxy groups -OCH3 is 2. The maximum atomic E-state index is 13.2. The first-order valence-electron chi connectivity index (χ1n) is 19.6. The van der Waals surface area contributed by atoms with Crippen LogP contribution in [0.2, 0.25) is 0 Å². The summed E-state index contributed by atoms with van der Waals surface area (Å²) in [6.07, 6.45) is 7.93. The van der Waals surface area contributed by atoms with E-state index < -0.39 is 54.2 Å². The molecule has 0 bridgehead atoms. The van der Waals surface area contributed by atoms with Gasteiger partial charge in [0.15, 0.2) is 34.6 Å². The van der Waals surface area contributed by atoms with Gasteiger partial charge in [0, 0.05) is 0 Å². The molecular weight excluding hydrogens is 849 g/mol. The predicted molar refractivity (Wildman–Crippen MR) is 243 cm³/mol. The van der Waals surface area contributed by atoms with Crippen LogP contribution in [0.3, 0.4) is 0 Å². The van der Waals surface area contributed by atoms with Crippen LogP contribution in [0.1, 0.15) is 41.5 Å². The van der Waals surface area contributed by atoms with Crippen molar-refractivity contribution in [2.45, 2.75) is 44.6 Å². The zero-order valence-electron chi connectivity index (χ0n) is 35.4. The Morgan fingerprint density at radius 3 is 1.32 bits per heavy atom. The molecule has 0 aromatic heterocycles. The number of esters is 2. The van der Waals surface area contributed by atoms with Crippen molar-refractivity contribution in [3.8, 4) is 23.0 Å². The molecule has 4 aromatic carbocycles. The lowest BCUT2D eigenvalue weighted by Crippen LogP contribution is -2.43. The molecule has 0 radical (unpaired) electrons. The Bertz CT molecular complexity index is 2060. The zero-order valence-corrected chi connectivity index (χ0v) is 37.0. The van der Waals surface area contributed by atoms with Crippen LogP contribution >= 0.6 is 23.5 Å². The van der Waals surface area contributed by atoms with E-state index in [1.165, 1.54) is 74.2 Å². The molecule has 0 aliphatic carbocycles. The second-order valence-electron chi connectivity index (χ2n) is 13.5. The molecule has 4 rings (SSSR count). The lowest BCUT2D eigenvalue weighted by Gasteiger charge is -2.18. The van der Waals surface area contributed by atoms with Crippen LogP contribution in [-0.2, 0) is 41.9 Å². The summed E-state index contributed by atoms with van der Waals surface area (Å²) in [4.78, 5) is 76.8. The van der Waals surface area contributed by atoms with Gasteiger partial charge in [-0.2, -0.15) is 23.5 Å². The minimum absolute atomic E-state index is 0.0391. The van der Waals surface area contributed by atoms with Gasteiger partial charge >= 0.3 is 24.1 Å². The number of carbonyl (C=O) groups excluding carboxylic acids is 6. The van der Waals surface area contributed by atoms with E-state index >= 15 is 0 Å². The average molecular weight is 899 g/mol. The van der Waals surface area contributed by atoms with Gasteiger partial charge in [-0.25, -0.2) is 19.2 Å². The quantitative estimate of drug-likeness (QED) is 0.0300. The highest BCUT2D eigenvalue weighted by Crippen LogP contribution is 2.30. The van der Waals surface area contributed by atoms with Crippen molar-refractivity contribution in [1.29, 1.82) is 0 Å². The number of thioether (sulfide) groups is 2. The van der Waals surface area contributed by atoms with Gasteiger partial charge in [-0.3, -0.25) is 9.59 Å². The summed E-state index contributed by atoms with van der Waals surface area (Å²) >= 11 is 3.01. The third kappa shape index (κ3) is 17.4. The zero-order chi connectivity index (χ0) is 45.4. The fourth-order valence-corrected chi connectivity index (χ4v) is 6.50. The summed E-state index contributed by atoms with van der Waals surface area (Å²) in [5, 5.41) is 5.17. The van der Waals surface area contributed by atoms with Gasteiger partial charge in [0.2, 0.25) is 0 Å². The van der Waals surface area contributed by atoms with E-state index in [1.807, 2.05) is 73.2 Å². The number of ketones is 2. The van der Waals surface area contributed by atoms with Crippen molar-refractivity contribution in [3.05, 3.63) is 131 Å². The maximum Gasteiger partial charge on any atom is 0.408 e. The summed E-state index contributed by atoms with van der Waals surface area (Å²) in [5.41, 5.74) is 2.66. The molecule has 2 amide bonds. The Balaban J connectivity index is 1.30. The lowest BCUT2D eigenvalue weighted by atomic mass is 10.1. The van der Waals surface area contributed by atoms with Crippen molar-refractivity contribution in [2.24, 2.45) is 0 Å². The third-order valence-electron chi connectivity index (χ3n) is 8.87. The van der Waals surface area contributed by atoms with E-state index in [2.05, 4.69) is 10.6 Å². The summed E-state index contributed by atoms with van der Waals surface area (Å²) < 4.78 is 32.7. The Hall–Kier alpha value is -6.52. The smallest absolute Gasteiger partial charge is 0.408 e. The van der Waals surface area contributed by atoms with E-state index in [9.17, 15) is 28.8 Å². The average Bonchev–Trinajstić information content (AvgIpc) is 3.30. The summed E-state index contributed by atoms with van der Waals surface area (Å²) in [6.45, 7) is 0.0781. The normalized spacial score (nSPS) is 11.9. The van der Waals surface area contributed by atoms with Crippen LogP contribution in [0.5, 0.6) is 23.0 Å². The monoisotopic (exact) mass is 898 g/mol. The van der Waals surface area contributed by atoms with Crippen molar-refractivity contribution >= 4 is 71.4 Å². The van der Waals surface area contributed by atoms with Gasteiger partial charge in [-0.15, -0.1) is 0 Å². The molecule has 0 aliphatic rings. The summed E-state index contributed by atoms with van der Waals surface area (Å²) in [5.74, 6) is -0.583. The van der Waals surface area contributed by atoms with Gasteiger partial charge in [0.1, 0.15) is 25.3 Å². The molecule has 0 fully saturated rings. The highest BCUT2D eigenvalue weighted by atomic mass is 32.2. The number of hydrogen-bond acceptors (Lipinski definition) is 14. The third-order valence-corrected chi connectivity index (χ3v) is 10.2. The Morgan fingerprint density at radius 2 is 0.952 bits per heavy atom. The topological polar surface area (TPSA) is 182 Å². The summed E-state index contributed by atoms with van der Waals surface area (Å²) in [6, 6.07) is 25.6. The number of alkyl carbamates (subject to hydrolysis) is 2. The summed E-state index contributed by atoms with van der Waals surface area (Å²) in [7, 11) is 2.79. The highest BCUT2D eigenvalue weighted by molar-refractivity contribution is 7.98. The number of hydrogen-bond donors (Lipinski definition) is 2. The molecule has 4 aromatic rings. The molecule has 0 unspecified atom stereocenters. The fraction of sp³-hybridized carbons (Fsp3) is 0.277. The molecule has 14 nitrogen and oxygen atoms in total. The van der Waals surface area contributed by atoms with Crippen LogP contribution in [0.25, 0.3) is 12.2 Å². The van der Waals surface area contributed by atoms with Crippen LogP contribution in [0, 0.1) is 0 Å². The van der Waals surface area contributed by atoms with Gasteiger partial charge in [-0.1, -0.05) is 84.9 Å². The van der Waals surface area contributed by atoms with E-state index in [1.54, 1.807) is 24.3 Å². The molecule has 0 aliphatic heterocycles. The standard InChI is InChI=1S/C47H50N2O12S2/c1-56-42-27-32(17-21-40(42)60-44(52)38(23-25-62-3)48-46(54)58-30-34-11-7-5-8-12-34)15-19-36(50)29-37(51)20-16-33-18-22-41(43(28-33)57-2)61-45(53)39(24-26-63-4)49-47(55)59-31-35-13-9-6-10-14-35/h5-22,27-28,38-39H,23-26,29-31H2,1-4H3,(H,48,54)(H,49,55)/b19-15+,20-16+/t38-,39-/m1/s1. The number of allylic oxidation sites excluding steroid dienone is 2. The Labute approximate surface area is 375 Å². The number of rotatable bonds is 24. The van der Waals surface area contributed by atoms with Crippen molar-refractivity contribution in [1.82, 2.24) is 10.6 Å². The van der Waals surface area contributed by atoms with Crippen molar-refractivity contribution in [2.75, 3.05) is 38.2 Å². The van der Waals surface area contributed by atoms with Crippen LogP contribution in [0.15, 0.2) is 109 Å². The molecule has 63 heavy (non-hydrogen) atoms. The number of carbonyl (C=O) groups is 6. The SMILES string of the molecule is COc1cc(/C=C/C(=O)CC(=O)/C=C/c2ccc(OC(=O)[C@@H](CCSC)NC(=O)OCc3ccccc3)c(OC)c2)ccc1OC(=O)[C@@H](CCSC)NC(=O)OCc1ccccc1. The fourth-order valence-electron chi connectivity index (χ4n) is 5.55.